The average molecular weight is 729 g/mol. The molecule has 2 unspecified atom stereocenters. The molecular weight excluding hydrogens is 685 g/mol. The predicted octanol–water partition coefficient (Wildman–Crippen LogP) is 6.80. The highest BCUT2D eigenvalue weighted by Gasteiger charge is 2.39. The Hall–Kier alpha value is -5.04. The molecule has 16 nitrogen and oxygen atoms in total. The van der Waals surface area contributed by atoms with Crippen molar-refractivity contribution < 1.29 is 24.4 Å². The Morgan fingerprint density at radius 3 is 2.58 bits per heavy atom. The second-order valence-corrected chi connectivity index (χ2v) is 14.0. The van der Waals surface area contributed by atoms with Crippen LogP contribution < -0.4 is 16.4 Å². The molecule has 3 aromatic heterocycles. The van der Waals surface area contributed by atoms with Crippen LogP contribution in [0.3, 0.4) is 0 Å². The molecule has 2 aromatic carbocycles. The number of hydrogen-bond donors (Lipinski definition) is 3. The van der Waals surface area contributed by atoms with Crippen LogP contribution in [0.15, 0.2) is 59.3 Å². The Labute approximate surface area is 304 Å². The molecule has 1 saturated heterocycles. The number of rotatable bonds is 14. The van der Waals surface area contributed by atoms with Gasteiger partial charge < -0.3 is 39.4 Å². The Bertz CT molecular complexity index is 2060. The van der Waals surface area contributed by atoms with E-state index in [0.717, 1.165) is 5.56 Å². The van der Waals surface area contributed by atoms with Crippen molar-refractivity contribution in [1.82, 2.24) is 34.4 Å². The molecule has 17 heteroatoms. The van der Waals surface area contributed by atoms with E-state index < -0.39 is 27.0 Å². The number of nitrogen functional groups attached to an aromatic ring is 1. The Balaban J connectivity index is 1.28. The highest BCUT2D eigenvalue weighted by molar-refractivity contribution is 7.44. The van der Waals surface area contributed by atoms with E-state index in [0.29, 0.717) is 40.4 Å². The third-order valence-electron chi connectivity index (χ3n) is 8.09. The lowest BCUT2D eigenvalue weighted by Gasteiger charge is -2.36. The van der Waals surface area contributed by atoms with Gasteiger partial charge in [0.15, 0.2) is 11.5 Å². The first-order valence-electron chi connectivity index (χ1n) is 17.5. The summed E-state index contributed by atoms with van der Waals surface area (Å²) in [7, 11) is -1.55. The fraction of sp³-hybridized carbons (Fsp3) is 0.400. The van der Waals surface area contributed by atoms with Gasteiger partial charge in [-0.15, -0.1) is 10.2 Å². The van der Waals surface area contributed by atoms with Crippen molar-refractivity contribution in [1.29, 1.82) is 0 Å². The first-order valence-corrected chi connectivity index (χ1v) is 17.9. The molecule has 4 atom stereocenters. The molecule has 4 heterocycles. The summed E-state index contributed by atoms with van der Waals surface area (Å²) >= 11 is 0. The number of ether oxygens (including phenoxy) is 1. The van der Waals surface area contributed by atoms with Crippen LogP contribution in [0.25, 0.3) is 38.9 Å². The number of benzene rings is 2. The first-order chi connectivity index (χ1) is 25.6. The van der Waals surface area contributed by atoms with E-state index in [4.69, 9.17) is 36.9 Å². The van der Waals surface area contributed by atoms with Gasteiger partial charge in [0.25, 0.3) is 8.53 Å². The van der Waals surface area contributed by atoms with Crippen molar-refractivity contribution in [2.75, 3.05) is 29.5 Å². The van der Waals surface area contributed by atoms with Gasteiger partial charge in [0.1, 0.15) is 18.4 Å². The lowest BCUT2D eigenvalue weighted by Crippen LogP contribution is -2.35. The summed E-state index contributed by atoms with van der Waals surface area (Å²) in [5.74, 6) is 0.636. The van der Waals surface area contributed by atoms with Crippen LogP contribution in [0.4, 0.5) is 23.1 Å². The average Bonchev–Trinajstić information content (AvgIpc) is 3.88. The van der Waals surface area contributed by atoms with Gasteiger partial charge in [0.2, 0.25) is 30.2 Å². The van der Waals surface area contributed by atoms with Crippen LogP contribution in [0.5, 0.6) is 0 Å². The number of anilines is 4. The molecule has 52 heavy (non-hydrogen) atoms. The second-order valence-electron chi connectivity index (χ2n) is 12.6. The molecule has 1 fully saturated rings. The summed E-state index contributed by atoms with van der Waals surface area (Å²) in [5, 5.41) is 14.5. The van der Waals surface area contributed by atoms with Crippen molar-refractivity contribution in [3.8, 4) is 22.9 Å². The maximum Gasteiger partial charge on any atom is 0.259 e. The van der Waals surface area contributed by atoms with Crippen LogP contribution in [-0.2, 0) is 18.6 Å². The van der Waals surface area contributed by atoms with Gasteiger partial charge >= 0.3 is 0 Å². The van der Waals surface area contributed by atoms with Gasteiger partial charge in [0, 0.05) is 37.9 Å². The molecule has 0 saturated carbocycles. The van der Waals surface area contributed by atoms with Crippen LogP contribution in [0, 0.1) is 6.57 Å². The maximum atomic E-state index is 12.1. The Morgan fingerprint density at radius 1 is 1.13 bits per heavy atom. The molecule has 5 aromatic rings. The third-order valence-corrected chi connectivity index (χ3v) is 10.2. The molecule has 0 aliphatic carbocycles. The lowest BCUT2D eigenvalue weighted by molar-refractivity contribution is -0.114. The van der Waals surface area contributed by atoms with Crippen LogP contribution in [0.2, 0.25) is 0 Å². The minimum Gasteiger partial charge on any atom is -0.416 e. The number of hydrogen-bond acceptors (Lipinski definition) is 13. The van der Waals surface area contributed by atoms with E-state index in [1.54, 1.807) is 29.1 Å². The molecule has 0 bridgehead atoms. The van der Waals surface area contributed by atoms with E-state index in [1.807, 2.05) is 30.3 Å². The SMILES string of the molecule is [2H]C[C@H]1O[C@@H](n2cnc3c(N)nc(Nc4cc(-c5nnc(-c6ccccc6)o5)ccc4NC(C)=O)nc32)CC1OP(OCC[N+]#[C-])N(C(C)C)C(C)C. The monoisotopic (exact) mass is 728 g/mol. The van der Waals surface area contributed by atoms with Crippen LogP contribution >= 0.6 is 8.53 Å². The highest BCUT2D eigenvalue weighted by Crippen LogP contribution is 2.50. The smallest absolute Gasteiger partial charge is 0.259 e. The lowest BCUT2D eigenvalue weighted by atomic mass is 10.1. The number of imidazole rings is 1. The fourth-order valence-corrected chi connectivity index (χ4v) is 7.58. The third kappa shape index (κ3) is 8.20. The molecule has 4 N–H and O–H groups in total. The summed E-state index contributed by atoms with van der Waals surface area (Å²) in [6.45, 7) is 17.3. The van der Waals surface area contributed by atoms with Gasteiger partial charge in [-0.3, -0.25) is 9.36 Å². The summed E-state index contributed by atoms with van der Waals surface area (Å²) in [6, 6.07) is 14.9. The van der Waals surface area contributed by atoms with E-state index in [1.165, 1.54) is 6.92 Å². The molecule has 6 rings (SSSR count). The topological polar surface area (TPSA) is 185 Å². The van der Waals surface area contributed by atoms with E-state index in [-0.39, 0.29) is 55.7 Å². The van der Waals surface area contributed by atoms with Gasteiger partial charge in [0.05, 0.1) is 29.9 Å². The van der Waals surface area contributed by atoms with Crippen molar-refractivity contribution in [2.45, 2.75) is 78.5 Å². The quantitative estimate of drug-likeness (QED) is 0.0617. The molecular formula is C35H42N11O5P. The van der Waals surface area contributed by atoms with Gasteiger partial charge in [-0.1, -0.05) is 18.2 Å². The van der Waals surface area contributed by atoms with Gasteiger partial charge in [-0.05, 0) is 64.9 Å². The van der Waals surface area contributed by atoms with Crippen molar-refractivity contribution in [3.05, 3.63) is 66.3 Å². The van der Waals surface area contributed by atoms with E-state index in [9.17, 15) is 4.79 Å². The largest absolute Gasteiger partial charge is 0.416 e. The minimum absolute atomic E-state index is 0.0402. The maximum absolute atomic E-state index is 12.1. The van der Waals surface area contributed by atoms with Crippen LogP contribution in [0.1, 0.15) is 55.5 Å². The number of carbonyl (C=O) groups is 1. The van der Waals surface area contributed by atoms with Gasteiger partial charge in [-0.2, -0.15) is 9.97 Å². The number of fused-ring (bicyclic) bond motifs is 1. The summed E-state index contributed by atoms with van der Waals surface area (Å²) in [4.78, 5) is 29.3. The molecule has 0 radical (unpaired) electrons. The number of nitrogens with zero attached hydrogens (tertiary/aromatic N) is 8. The number of amides is 1. The zero-order valence-electron chi connectivity index (χ0n) is 30.6. The first kappa shape index (κ1) is 35.4. The molecule has 0 spiro atoms. The number of carbonyl (C=O) groups excluding carboxylic acids is 1. The Kier molecular flexibility index (Phi) is 11.0. The minimum atomic E-state index is -1.55. The summed E-state index contributed by atoms with van der Waals surface area (Å²) in [6.07, 6.45) is 0.366. The second kappa shape index (κ2) is 16.1. The zero-order chi connectivity index (χ0) is 37.6. The standard InChI is InChI=1S/C35H42N11O5P/c1-20(2)46(21(3)4)52(48-16-15-37-7)51-28-18-29(49-22(28)5)45-19-38-30-31(36)41-35(42-32(30)45)40-27-17-25(13-14-26(27)39-23(6)47)34-44-43-33(50-34)24-11-9-8-10-12-24/h8-14,17,19-22,28-29H,15-16,18H2,1-6H3,(H,39,47)(H3,36,40,41,42)/t22-,28?,29-,52?/m1/s1/i5D. The molecule has 1 amide bonds. The molecule has 1 aliphatic rings. The number of aromatic nitrogens is 6. The molecule has 272 valence electrons. The number of nitrogens with two attached hydrogens (primary N) is 1. The van der Waals surface area contributed by atoms with Gasteiger partial charge in [-0.25, -0.2) is 16.2 Å². The Morgan fingerprint density at radius 2 is 1.88 bits per heavy atom. The van der Waals surface area contributed by atoms with Crippen LogP contribution in [-0.4, -0.2) is 77.7 Å². The van der Waals surface area contributed by atoms with Crippen molar-refractivity contribution in [3.63, 3.8) is 0 Å². The van der Waals surface area contributed by atoms with E-state index >= 15 is 0 Å². The molecule has 1 aliphatic heterocycles. The normalized spacial score (nSPS) is 18.2. The van der Waals surface area contributed by atoms with Crippen molar-refractivity contribution >= 4 is 48.7 Å². The zero-order valence-corrected chi connectivity index (χ0v) is 30.4. The van der Waals surface area contributed by atoms with Crippen molar-refractivity contribution in [2.24, 2.45) is 0 Å². The summed E-state index contributed by atoms with van der Waals surface area (Å²) < 4.78 is 37.2. The van der Waals surface area contributed by atoms with E-state index in [2.05, 4.69) is 68.0 Å². The number of nitrogens with one attached hydrogen (secondary N) is 2. The summed E-state index contributed by atoms with van der Waals surface area (Å²) in [5.41, 5.74) is 9.47. The predicted molar refractivity (Wildman–Crippen MR) is 198 cm³/mol. The fourth-order valence-electron chi connectivity index (χ4n) is 5.83. The highest BCUT2D eigenvalue weighted by atomic mass is 31.2.